The van der Waals surface area contributed by atoms with Crippen LogP contribution in [-0.2, 0) is 28.9 Å². The first-order chi connectivity index (χ1) is 24.0. The van der Waals surface area contributed by atoms with Gasteiger partial charge in [0.15, 0.2) is 0 Å². The number of anilines is 1. The molecule has 2 aliphatic rings. The average Bonchev–Trinajstić information content (AvgIpc) is 3.07. The van der Waals surface area contributed by atoms with Crippen LogP contribution in [-0.4, -0.2) is 68.4 Å². The molecule has 1 saturated heterocycles. The number of nitrogens with zero attached hydrogens (tertiary/aromatic N) is 3. The largest absolute Gasteiger partial charge is 0.444 e. The van der Waals surface area contributed by atoms with Gasteiger partial charge in [0.25, 0.3) is 11.5 Å². The molecule has 1 unspecified atom stereocenters. The van der Waals surface area contributed by atoms with Crippen LogP contribution in [0.5, 0.6) is 0 Å². The van der Waals surface area contributed by atoms with E-state index < -0.39 is 17.2 Å². The molecule has 1 aliphatic heterocycles. The van der Waals surface area contributed by atoms with Gasteiger partial charge in [0.05, 0.1) is 24.0 Å². The third-order valence-electron chi connectivity index (χ3n) is 9.63. The fraction of sp³-hybridized carbons (Fsp3) is 0.475. The van der Waals surface area contributed by atoms with E-state index in [9.17, 15) is 19.2 Å². The van der Waals surface area contributed by atoms with Gasteiger partial charge in [-0.25, -0.2) is 4.79 Å². The zero-order valence-electron chi connectivity index (χ0n) is 31.3. The molecule has 3 aromatic rings. The summed E-state index contributed by atoms with van der Waals surface area (Å²) in [4.78, 5) is 64.2. The Hall–Kier alpha value is -4.77. The maximum atomic E-state index is 14.1. The van der Waals surface area contributed by atoms with Crippen molar-refractivity contribution in [3.63, 3.8) is 0 Å². The smallest absolute Gasteiger partial charge is 0.410 e. The summed E-state index contributed by atoms with van der Waals surface area (Å²) in [6.45, 7) is 20.5. The zero-order chi connectivity index (χ0) is 37.2. The maximum absolute atomic E-state index is 14.1. The number of aryl methyl sites for hydroxylation is 1. The quantitative estimate of drug-likeness (QED) is 0.244. The Morgan fingerprint density at radius 3 is 2.35 bits per heavy atom. The summed E-state index contributed by atoms with van der Waals surface area (Å²) in [5.41, 5.74) is 6.61. The first kappa shape index (κ1) is 37.5. The molecule has 0 bridgehead atoms. The highest BCUT2D eigenvalue weighted by molar-refractivity contribution is 6.01. The Labute approximate surface area is 300 Å². The van der Waals surface area contributed by atoms with E-state index in [1.165, 1.54) is 11.6 Å². The molecule has 11 nitrogen and oxygen atoms in total. The summed E-state index contributed by atoms with van der Waals surface area (Å²) >= 11 is 0. The fourth-order valence-electron chi connectivity index (χ4n) is 6.93. The number of H-pyrrole nitrogens is 1. The summed E-state index contributed by atoms with van der Waals surface area (Å²) in [6, 6.07) is 6.99. The number of pyridine rings is 2. The minimum Gasteiger partial charge on any atom is -0.444 e. The van der Waals surface area contributed by atoms with Crippen LogP contribution >= 0.6 is 0 Å². The molecule has 272 valence electrons. The minimum absolute atomic E-state index is 0.128. The number of fused-ring (bicyclic) bond motifs is 1. The molecular weight excluding hydrogens is 644 g/mol. The third kappa shape index (κ3) is 8.41. The van der Waals surface area contributed by atoms with Crippen LogP contribution in [0.2, 0.25) is 0 Å². The number of rotatable bonds is 7. The number of piperazine rings is 1. The molecule has 2 aromatic heterocycles. The number of ether oxygens (including phenoxy) is 1. The van der Waals surface area contributed by atoms with Gasteiger partial charge >= 0.3 is 6.09 Å². The van der Waals surface area contributed by atoms with Crippen molar-refractivity contribution in [2.45, 2.75) is 105 Å². The monoisotopic (exact) mass is 696 g/mol. The number of carbonyl (C=O) groups is 3. The van der Waals surface area contributed by atoms with E-state index in [1.54, 1.807) is 28.1 Å². The predicted octanol–water partition coefficient (Wildman–Crippen LogP) is 6.38. The molecule has 5 rings (SSSR count). The standard InChI is InChI=1S/C40H52N6O5/c1-10-33(47)44-34-24(2)30(21-42-35(34)32-23-45(20-19-41-32)38(50)51-40(7,8)9)26-15-17-27(18-16-26)37(49)46(39(4,5)6)22-31-29-14-12-11-13-28(29)25(3)43-36(31)48/h10,15-18,21,32,41H,1,11-14,19-20,22-23H2,2-9H3,(H,43,48)(H,44,47). The SMILES string of the molecule is C=CC(=O)Nc1c(C2CN(C(=O)OC(C)(C)C)CCN2)ncc(-c2ccc(C(=O)N(Cc3c4c(c(C)[nH]c3=O)CCCC4)C(C)(C)C)cc2)c1C. The Bertz CT molecular complexity index is 1880. The second kappa shape index (κ2) is 14.8. The van der Waals surface area contributed by atoms with Crippen molar-refractivity contribution in [2.24, 2.45) is 0 Å². The minimum atomic E-state index is -0.623. The summed E-state index contributed by atoms with van der Waals surface area (Å²) in [5.74, 6) is -0.546. The highest BCUT2D eigenvalue weighted by atomic mass is 16.6. The van der Waals surface area contributed by atoms with Crippen LogP contribution in [0.3, 0.4) is 0 Å². The average molecular weight is 697 g/mol. The lowest BCUT2D eigenvalue weighted by molar-refractivity contribution is -0.111. The zero-order valence-corrected chi connectivity index (χ0v) is 31.3. The first-order valence-electron chi connectivity index (χ1n) is 17.8. The summed E-state index contributed by atoms with van der Waals surface area (Å²) < 4.78 is 5.61. The van der Waals surface area contributed by atoms with Crippen LogP contribution in [0, 0.1) is 13.8 Å². The molecule has 51 heavy (non-hydrogen) atoms. The summed E-state index contributed by atoms with van der Waals surface area (Å²) in [5, 5.41) is 6.38. The Balaban J connectivity index is 1.44. The number of hydrogen-bond donors (Lipinski definition) is 3. The van der Waals surface area contributed by atoms with E-state index in [0.717, 1.165) is 53.6 Å². The van der Waals surface area contributed by atoms with Gasteiger partial charge < -0.3 is 30.2 Å². The van der Waals surface area contributed by atoms with Crippen LogP contribution < -0.4 is 16.2 Å². The van der Waals surface area contributed by atoms with Gasteiger partial charge in [0.1, 0.15) is 5.60 Å². The number of benzene rings is 1. The molecule has 1 atom stereocenters. The van der Waals surface area contributed by atoms with E-state index >= 15 is 0 Å². The van der Waals surface area contributed by atoms with Gasteiger partial charge in [-0.05, 0) is 122 Å². The van der Waals surface area contributed by atoms with Crippen molar-refractivity contribution in [1.29, 1.82) is 0 Å². The Morgan fingerprint density at radius 2 is 1.73 bits per heavy atom. The predicted molar refractivity (Wildman–Crippen MR) is 200 cm³/mol. The first-order valence-corrected chi connectivity index (χ1v) is 17.8. The van der Waals surface area contributed by atoms with Crippen LogP contribution in [0.15, 0.2) is 47.9 Å². The number of carbonyl (C=O) groups excluding carboxylic acids is 3. The van der Waals surface area contributed by atoms with E-state index in [2.05, 4.69) is 22.2 Å². The third-order valence-corrected chi connectivity index (χ3v) is 9.63. The lowest BCUT2D eigenvalue weighted by Crippen LogP contribution is -2.50. The second-order valence-electron chi connectivity index (χ2n) is 15.5. The van der Waals surface area contributed by atoms with Crippen LogP contribution in [0.25, 0.3) is 11.1 Å². The molecule has 0 spiro atoms. The fourth-order valence-corrected chi connectivity index (χ4v) is 6.93. The Kier molecular flexibility index (Phi) is 10.9. The highest BCUT2D eigenvalue weighted by Crippen LogP contribution is 2.35. The van der Waals surface area contributed by atoms with Crippen molar-refractivity contribution in [2.75, 3.05) is 25.0 Å². The van der Waals surface area contributed by atoms with E-state index in [-0.39, 0.29) is 30.0 Å². The van der Waals surface area contributed by atoms with E-state index in [4.69, 9.17) is 9.72 Å². The highest BCUT2D eigenvalue weighted by Gasteiger charge is 2.32. The molecule has 0 radical (unpaired) electrons. The van der Waals surface area contributed by atoms with Gasteiger partial charge in [-0.1, -0.05) is 18.7 Å². The van der Waals surface area contributed by atoms with Gasteiger partial charge in [-0.2, -0.15) is 0 Å². The van der Waals surface area contributed by atoms with Crippen LogP contribution in [0.4, 0.5) is 10.5 Å². The number of amides is 3. The van der Waals surface area contributed by atoms with Gasteiger partial charge in [0, 0.05) is 53.8 Å². The van der Waals surface area contributed by atoms with Crippen molar-refractivity contribution in [3.8, 4) is 11.1 Å². The van der Waals surface area contributed by atoms with Crippen molar-refractivity contribution in [1.82, 2.24) is 25.1 Å². The molecule has 1 aromatic carbocycles. The van der Waals surface area contributed by atoms with Crippen molar-refractivity contribution in [3.05, 3.63) is 92.7 Å². The second-order valence-corrected chi connectivity index (χ2v) is 15.5. The number of hydrogen-bond acceptors (Lipinski definition) is 7. The van der Waals surface area contributed by atoms with E-state index in [1.807, 2.05) is 67.5 Å². The molecule has 0 saturated carbocycles. The normalized spacial score (nSPS) is 16.2. The van der Waals surface area contributed by atoms with Crippen molar-refractivity contribution < 1.29 is 19.1 Å². The number of aromatic nitrogens is 2. The molecule has 3 N–H and O–H groups in total. The maximum Gasteiger partial charge on any atom is 0.410 e. The van der Waals surface area contributed by atoms with E-state index in [0.29, 0.717) is 42.1 Å². The molecule has 1 aliphatic carbocycles. The number of nitrogens with one attached hydrogen (secondary N) is 3. The molecule has 3 amide bonds. The molecular formula is C40H52N6O5. The summed E-state index contributed by atoms with van der Waals surface area (Å²) in [6.07, 6.45) is 6.47. The van der Waals surface area contributed by atoms with Gasteiger partial charge in [-0.3, -0.25) is 19.4 Å². The topological polar surface area (TPSA) is 137 Å². The van der Waals surface area contributed by atoms with Crippen LogP contribution in [0.1, 0.15) is 104 Å². The summed E-state index contributed by atoms with van der Waals surface area (Å²) in [7, 11) is 0. The molecule has 3 heterocycles. The lowest BCUT2D eigenvalue weighted by Gasteiger charge is -2.37. The Morgan fingerprint density at radius 1 is 1.06 bits per heavy atom. The number of aromatic amines is 1. The molecule has 11 heteroatoms. The van der Waals surface area contributed by atoms with Gasteiger partial charge in [0.2, 0.25) is 5.91 Å². The lowest BCUT2D eigenvalue weighted by atomic mass is 9.87. The van der Waals surface area contributed by atoms with Crippen molar-refractivity contribution >= 4 is 23.6 Å². The van der Waals surface area contributed by atoms with Gasteiger partial charge in [-0.15, -0.1) is 0 Å². The molecule has 1 fully saturated rings.